The molecule has 1 unspecified atom stereocenters. The number of nitrogens with one attached hydrogen (secondary N) is 2. The molecule has 0 radical (unpaired) electrons. The van der Waals surface area contributed by atoms with Crippen molar-refractivity contribution in [2.45, 2.75) is 13.8 Å². The Morgan fingerprint density at radius 2 is 1.56 bits per heavy atom. The zero-order valence-electron chi connectivity index (χ0n) is 20.1. The van der Waals surface area contributed by atoms with Gasteiger partial charge in [-0.05, 0) is 30.7 Å². The Balaban J connectivity index is 1.58. The maximum atomic E-state index is 12.6. The Hall–Kier alpha value is -3.27. The van der Waals surface area contributed by atoms with E-state index in [0.717, 1.165) is 36.6 Å². The lowest BCUT2D eigenvalue weighted by Crippen LogP contribution is -2.55. The molecule has 3 amide bonds. The highest BCUT2D eigenvalue weighted by molar-refractivity contribution is 6.00. The molecule has 3 N–H and O–H groups in total. The highest BCUT2D eigenvalue weighted by Crippen LogP contribution is 2.24. The van der Waals surface area contributed by atoms with Crippen molar-refractivity contribution in [2.75, 3.05) is 63.5 Å². The lowest BCUT2D eigenvalue weighted by molar-refractivity contribution is -0.138. The second-order valence-corrected chi connectivity index (χ2v) is 8.89. The highest BCUT2D eigenvalue weighted by atomic mass is 16.4. The molecule has 0 aliphatic carbocycles. The van der Waals surface area contributed by atoms with Gasteiger partial charge in [-0.15, -0.1) is 0 Å². The Labute approximate surface area is 200 Å². The number of quaternary nitrogens is 1. The van der Waals surface area contributed by atoms with Crippen LogP contribution in [0.5, 0.6) is 0 Å². The number of piperazine rings is 1. The van der Waals surface area contributed by atoms with Gasteiger partial charge in [-0.1, -0.05) is 18.2 Å². The molecule has 2 aromatic rings. The van der Waals surface area contributed by atoms with E-state index in [1.807, 2.05) is 55.3 Å². The molecule has 1 heterocycles. The van der Waals surface area contributed by atoms with E-state index < -0.39 is 5.97 Å². The molecule has 1 aliphatic heterocycles. The van der Waals surface area contributed by atoms with Gasteiger partial charge in [0.2, 0.25) is 0 Å². The van der Waals surface area contributed by atoms with Crippen molar-refractivity contribution in [3.8, 4) is 0 Å². The van der Waals surface area contributed by atoms with Crippen molar-refractivity contribution in [3.05, 3.63) is 54.1 Å². The first-order valence-corrected chi connectivity index (χ1v) is 11.4. The Bertz CT molecular complexity index is 1020. The summed E-state index contributed by atoms with van der Waals surface area (Å²) in [6.45, 7) is 7.91. The normalized spacial score (nSPS) is 16.4. The topological polar surface area (TPSA) is 102 Å². The predicted octanol–water partition coefficient (Wildman–Crippen LogP) is 2.82. The third kappa shape index (κ3) is 6.63. The minimum Gasteiger partial charge on any atom is -0.480 e. The molecule has 0 bridgehead atoms. The molecule has 0 spiro atoms. The van der Waals surface area contributed by atoms with E-state index in [1.54, 1.807) is 19.1 Å². The molecule has 0 aromatic heterocycles. The number of hydrogen-bond acceptors (Lipinski definition) is 5. The molecule has 1 atom stereocenters. The van der Waals surface area contributed by atoms with Crippen LogP contribution in [0.15, 0.2) is 48.5 Å². The number of hydrogen-bond donors (Lipinski definition) is 3. The number of nitrogens with zero attached hydrogens (tertiary/aromatic N) is 3. The molecule has 1 aliphatic rings. The summed E-state index contributed by atoms with van der Waals surface area (Å²) in [6, 6.07) is 14.6. The molecule has 3 rings (SSSR count). The minimum absolute atomic E-state index is 0.0301. The summed E-state index contributed by atoms with van der Waals surface area (Å²) in [4.78, 5) is 40.1. The van der Waals surface area contributed by atoms with Gasteiger partial charge in [-0.25, -0.2) is 14.1 Å². The maximum absolute atomic E-state index is 12.6. The summed E-state index contributed by atoms with van der Waals surface area (Å²) in [5, 5.41) is 14.6. The number of likely N-dealkylation sites (N-methyl/N-ethyl adjacent to an activating group) is 1. The van der Waals surface area contributed by atoms with Gasteiger partial charge in [0.05, 0.1) is 20.5 Å². The van der Waals surface area contributed by atoms with Crippen molar-refractivity contribution >= 4 is 35.0 Å². The van der Waals surface area contributed by atoms with E-state index in [1.165, 1.54) is 0 Å². The van der Waals surface area contributed by atoms with Crippen molar-refractivity contribution in [1.29, 1.82) is 0 Å². The van der Waals surface area contributed by atoms with Gasteiger partial charge in [-0.2, -0.15) is 0 Å². The summed E-state index contributed by atoms with van der Waals surface area (Å²) >= 11 is 0. The number of carbonyl (C=O) groups is 3. The number of aryl methyl sites for hydroxylation is 1. The monoisotopic (exact) mass is 468 g/mol. The van der Waals surface area contributed by atoms with Crippen LogP contribution in [0.2, 0.25) is 0 Å². The van der Waals surface area contributed by atoms with E-state index in [-0.39, 0.29) is 23.0 Å². The molecule has 2 aromatic carbocycles. The molecule has 0 saturated carbocycles. The first kappa shape index (κ1) is 25.4. The SMILES string of the molecule is CC(=O)[N+](C)(CCN1CCN(CC(=O)O)CC1)c1ccc(NC(=O)Nc2ccccc2C)cc1. The first-order chi connectivity index (χ1) is 16.2. The second kappa shape index (κ2) is 11.2. The summed E-state index contributed by atoms with van der Waals surface area (Å²) < 4.78 is 0.144. The number of para-hydroxylation sites is 1. The van der Waals surface area contributed by atoms with Gasteiger partial charge in [-0.3, -0.25) is 14.6 Å². The van der Waals surface area contributed by atoms with Crippen molar-refractivity contribution in [3.63, 3.8) is 0 Å². The number of carboxylic acid groups (broad SMARTS) is 1. The largest absolute Gasteiger partial charge is 0.480 e. The number of benzene rings is 2. The van der Waals surface area contributed by atoms with Gasteiger partial charge in [0.25, 0.3) is 0 Å². The fraction of sp³-hybridized carbons (Fsp3) is 0.400. The lowest BCUT2D eigenvalue weighted by Gasteiger charge is -2.36. The number of aliphatic carboxylic acids is 1. The van der Waals surface area contributed by atoms with Crippen LogP contribution in [0.3, 0.4) is 0 Å². The van der Waals surface area contributed by atoms with Crippen molar-refractivity contribution in [2.24, 2.45) is 0 Å². The number of carboxylic acids is 1. The maximum Gasteiger partial charge on any atom is 0.323 e. The van der Waals surface area contributed by atoms with Crippen LogP contribution in [0.25, 0.3) is 0 Å². The number of rotatable bonds is 8. The van der Waals surface area contributed by atoms with Gasteiger partial charge in [0.15, 0.2) is 0 Å². The molecule has 9 heteroatoms. The molecule has 9 nitrogen and oxygen atoms in total. The standard InChI is InChI=1S/C25H33N5O4/c1-19-6-4-5-7-23(19)27-25(34)26-21-8-10-22(11-9-21)30(3,20(2)31)17-16-28-12-14-29(15-13-28)18-24(32)33/h4-11H,12-18H2,1-3H3,(H2-,26,27,32,33,34)/p+1. The van der Waals surface area contributed by atoms with E-state index in [9.17, 15) is 14.4 Å². The molecule has 1 saturated heterocycles. The average molecular weight is 469 g/mol. The van der Waals surface area contributed by atoms with Crippen LogP contribution in [0, 0.1) is 6.92 Å². The Morgan fingerprint density at radius 3 is 2.15 bits per heavy atom. The van der Waals surface area contributed by atoms with E-state index >= 15 is 0 Å². The van der Waals surface area contributed by atoms with Gasteiger partial charge >= 0.3 is 17.9 Å². The molecule has 1 fully saturated rings. The van der Waals surface area contributed by atoms with Crippen molar-refractivity contribution < 1.29 is 19.5 Å². The van der Waals surface area contributed by atoms with Gasteiger partial charge in [0.1, 0.15) is 12.2 Å². The van der Waals surface area contributed by atoms with Crippen LogP contribution in [-0.2, 0) is 9.59 Å². The van der Waals surface area contributed by atoms with E-state index in [4.69, 9.17) is 5.11 Å². The summed E-state index contributed by atoms with van der Waals surface area (Å²) in [7, 11) is 1.90. The summed E-state index contributed by atoms with van der Waals surface area (Å²) in [6.07, 6.45) is 0. The Kier molecular flexibility index (Phi) is 8.38. The number of anilines is 2. The fourth-order valence-electron chi connectivity index (χ4n) is 4.04. The lowest BCUT2D eigenvalue weighted by atomic mass is 10.2. The Morgan fingerprint density at radius 1 is 0.941 bits per heavy atom. The third-order valence-corrected chi connectivity index (χ3v) is 6.47. The van der Waals surface area contributed by atoms with E-state index in [2.05, 4.69) is 15.5 Å². The first-order valence-electron chi connectivity index (χ1n) is 11.4. The van der Waals surface area contributed by atoms with Crippen LogP contribution in [0.4, 0.5) is 21.9 Å². The molecule has 34 heavy (non-hydrogen) atoms. The van der Waals surface area contributed by atoms with Crippen molar-refractivity contribution in [1.82, 2.24) is 14.3 Å². The summed E-state index contributed by atoms with van der Waals surface area (Å²) in [5.41, 5.74) is 3.22. The van der Waals surface area contributed by atoms with Crippen LogP contribution in [0.1, 0.15) is 12.5 Å². The predicted molar refractivity (Wildman–Crippen MR) is 134 cm³/mol. The van der Waals surface area contributed by atoms with Gasteiger partial charge < -0.3 is 15.7 Å². The quantitative estimate of drug-likeness (QED) is 0.515. The fourth-order valence-corrected chi connectivity index (χ4v) is 4.04. The average Bonchev–Trinajstić information content (AvgIpc) is 2.80. The molecule has 182 valence electrons. The molecular weight excluding hydrogens is 434 g/mol. The third-order valence-electron chi connectivity index (χ3n) is 6.47. The van der Waals surface area contributed by atoms with Crippen LogP contribution in [-0.4, -0.2) is 85.7 Å². The second-order valence-electron chi connectivity index (χ2n) is 8.89. The highest BCUT2D eigenvalue weighted by Gasteiger charge is 2.32. The number of urea groups is 1. The zero-order chi connectivity index (χ0) is 24.7. The minimum atomic E-state index is -0.806. The number of carbonyl (C=O) groups excluding carboxylic acids is 2. The number of amides is 3. The van der Waals surface area contributed by atoms with Gasteiger partial charge in [0, 0.05) is 56.2 Å². The molecular formula is C25H34N5O4+. The van der Waals surface area contributed by atoms with E-state index in [0.29, 0.717) is 25.3 Å². The zero-order valence-corrected chi connectivity index (χ0v) is 20.1. The van der Waals surface area contributed by atoms with Crippen LogP contribution >= 0.6 is 0 Å². The van der Waals surface area contributed by atoms with Crippen LogP contribution < -0.4 is 15.1 Å². The smallest absolute Gasteiger partial charge is 0.323 e. The summed E-state index contributed by atoms with van der Waals surface area (Å²) in [5.74, 6) is -0.776.